The summed E-state index contributed by atoms with van der Waals surface area (Å²) in [5.41, 5.74) is 0.500. The maximum absolute atomic E-state index is 12.6. The Morgan fingerprint density at radius 3 is 2.47 bits per heavy atom. The fraction of sp³-hybridized carbons (Fsp3) is 0.333. The van der Waals surface area contributed by atoms with Crippen LogP contribution in [0.15, 0.2) is 24.3 Å². The van der Waals surface area contributed by atoms with Crippen molar-refractivity contribution >= 4 is 17.6 Å². The van der Waals surface area contributed by atoms with Crippen molar-refractivity contribution in [2.45, 2.75) is 19.8 Å². The highest BCUT2D eigenvalue weighted by Crippen LogP contribution is 2.09. The van der Waals surface area contributed by atoms with Crippen molar-refractivity contribution in [2.75, 3.05) is 11.9 Å². The fourth-order valence-corrected chi connectivity index (χ4v) is 1.21. The van der Waals surface area contributed by atoms with E-state index in [9.17, 15) is 14.0 Å². The minimum absolute atomic E-state index is 0.0425. The normalized spacial score (nSPS) is 9.76. The molecule has 92 valence electrons. The summed E-state index contributed by atoms with van der Waals surface area (Å²) in [6, 6.07) is 5.41. The van der Waals surface area contributed by atoms with Crippen LogP contribution in [0.2, 0.25) is 0 Å². The van der Waals surface area contributed by atoms with Crippen molar-refractivity contribution < 1.29 is 18.7 Å². The molecular formula is C12H14FNO3. The zero-order chi connectivity index (χ0) is 12.7. The zero-order valence-corrected chi connectivity index (χ0v) is 9.53. The van der Waals surface area contributed by atoms with Gasteiger partial charge in [0.2, 0.25) is 5.91 Å². The van der Waals surface area contributed by atoms with Crippen molar-refractivity contribution in [3.8, 4) is 0 Å². The van der Waals surface area contributed by atoms with E-state index in [0.717, 1.165) is 0 Å². The van der Waals surface area contributed by atoms with E-state index in [1.807, 2.05) is 0 Å². The number of rotatable bonds is 5. The molecule has 0 spiro atoms. The predicted octanol–water partition coefficient (Wildman–Crippen LogP) is 2.11. The van der Waals surface area contributed by atoms with E-state index in [2.05, 4.69) is 10.1 Å². The van der Waals surface area contributed by atoms with Crippen LogP contribution in [-0.2, 0) is 14.3 Å². The summed E-state index contributed by atoms with van der Waals surface area (Å²) >= 11 is 0. The predicted molar refractivity (Wildman–Crippen MR) is 60.9 cm³/mol. The van der Waals surface area contributed by atoms with Gasteiger partial charge in [-0.25, -0.2) is 4.39 Å². The minimum atomic E-state index is -0.401. The molecule has 0 bridgehead atoms. The molecule has 5 heteroatoms. The average molecular weight is 239 g/mol. The van der Waals surface area contributed by atoms with Gasteiger partial charge in [0.25, 0.3) is 0 Å². The molecule has 1 amide bonds. The number of hydrogen-bond donors (Lipinski definition) is 1. The van der Waals surface area contributed by atoms with E-state index in [0.29, 0.717) is 12.3 Å². The van der Waals surface area contributed by atoms with Gasteiger partial charge in [-0.15, -0.1) is 0 Å². The third-order valence-corrected chi connectivity index (χ3v) is 1.99. The SMILES string of the molecule is CCOC(=O)CCC(=O)Nc1ccc(F)cc1. The van der Waals surface area contributed by atoms with Gasteiger partial charge in [0.1, 0.15) is 5.82 Å². The van der Waals surface area contributed by atoms with Gasteiger partial charge >= 0.3 is 5.97 Å². The van der Waals surface area contributed by atoms with Gasteiger partial charge in [0.05, 0.1) is 13.0 Å². The lowest BCUT2D eigenvalue weighted by Gasteiger charge is -2.04. The van der Waals surface area contributed by atoms with Crippen LogP contribution >= 0.6 is 0 Å². The average Bonchev–Trinajstić information content (AvgIpc) is 2.30. The number of nitrogens with one attached hydrogen (secondary N) is 1. The maximum atomic E-state index is 12.6. The van der Waals surface area contributed by atoms with Gasteiger partial charge in [0, 0.05) is 12.1 Å². The van der Waals surface area contributed by atoms with Crippen LogP contribution in [0.1, 0.15) is 19.8 Å². The lowest BCUT2D eigenvalue weighted by Crippen LogP contribution is -2.14. The molecule has 0 aliphatic carbocycles. The lowest BCUT2D eigenvalue weighted by molar-refractivity contribution is -0.144. The minimum Gasteiger partial charge on any atom is -0.466 e. The molecule has 0 atom stereocenters. The number of ether oxygens (including phenoxy) is 1. The third kappa shape index (κ3) is 5.10. The first kappa shape index (κ1) is 13.2. The van der Waals surface area contributed by atoms with E-state index in [1.165, 1.54) is 24.3 Å². The Labute approximate surface area is 98.8 Å². The molecule has 0 unspecified atom stereocenters. The van der Waals surface area contributed by atoms with Crippen molar-refractivity contribution in [1.82, 2.24) is 0 Å². The molecule has 1 rings (SSSR count). The monoisotopic (exact) mass is 239 g/mol. The molecular weight excluding hydrogens is 225 g/mol. The van der Waals surface area contributed by atoms with Crippen molar-refractivity contribution in [1.29, 1.82) is 0 Å². The first-order chi connectivity index (χ1) is 8.11. The number of carbonyl (C=O) groups is 2. The van der Waals surface area contributed by atoms with Crippen LogP contribution in [0.5, 0.6) is 0 Å². The molecule has 0 saturated heterocycles. The zero-order valence-electron chi connectivity index (χ0n) is 9.53. The molecule has 0 aromatic heterocycles. The topological polar surface area (TPSA) is 55.4 Å². The summed E-state index contributed by atoms with van der Waals surface area (Å²) < 4.78 is 17.3. The van der Waals surface area contributed by atoms with Crippen LogP contribution in [0.4, 0.5) is 10.1 Å². The van der Waals surface area contributed by atoms with Gasteiger partial charge in [0.15, 0.2) is 0 Å². The molecule has 0 fully saturated rings. The molecule has 17 heavy (non-hydrogen) atoms. The van der Waals surface area contributed by atoms with E-state index in [4.69, 9.17) is 0 Å². The Morgan fingerprint density at radius 1 is 1.24 bits per heavy atom. The molecule has 1 aromatic rings. The number of amides is 1. The van der Waals surface area contributed by atoms with E-state index >= 15 is 0 Å². The summed E-state index contributed by atoms with van der Waals surface area (Å²) in [5.74, 6) is -1.07. The number of hydrogen-bond acceptors (Lipinski definition) is 3. The molecule has 1 N–H and O–H groups in total. The standard InChI is InChI=1S/C12H14FNO3/c1-2-17-12(16)8-7-11(15)14-10-5-3-9(13)4-6-10/h3-6H,2,7-8H2,1H3,(H,14,15). The number of esters is 1. The maximum Gasteiger partial charge on any atom is 0.306 e. The van der Waals surface area contributed by atoms with Gasteiger partial charge in [-0.1, -0.05) is 0 Å². The molecule has 0 aliphatic rings. The molecule has 1 aromatic carbocycles. The number of carbonyl (C=O) groups excluding carboxylic acids is 2. The Bertz CT molecular complexity index is 389. The summed E-state index contributed by atoms with van der Waals surface area (Å²) in [4.78, 5) is 22.4. The Morgan fingerprint density at radius 2 is 1.88 bits per heavy atom. The molecule has 4 nitrogen and oxygen atoms in total. The highest BCUT2D eigenvalue weighted by Gasteiger charge is 2.07. The fourth-order valence-electron chi connectivity index (χ4n) is 1.21. The van der Waals surface area contributed by atoms with Crippen LogP contribution in [0.25, 0.3) is 0 Å². The highest BCUT2D eigenvalue weighted by molar-refractivity contribution is 5.92. The Kier molecular flexibility index (Phi) is 5.13. The highest BCUT2D eigenvalue weighted by atomic mass is 19.1. The van der Waals surface area contributed by atoms with Crippen LogP contribution < -0.4 is 5.32 Å². The number of benzene rings is 1. The van der Waals surface area contributed by atoms with Crippen molar-refractivity contribution in [2.24, 2.45) is 0 Å². The number of halogens is 1. The first-order valence-electron chi connectivity index (χ1n) is 5.33. The van der Waals surface area contributed by atoms with Gasteiger partial charge < -0.3 is 10.1 Å². The second-order valence-electron chi connectivity index (χ2n) is 3.36. The quantitative estimate of drug-likeness (QED) is 0.800. The largest absolute Gasteiger partial charge is 0.466 e. The molecule has 0 heterocycles. The van der Waals surface area contributed by atoms with Crippen molar-refractivity contribution in [3.05, 3.63) is 30.1 Å². The Hall–Kier alpha value is -1.91. The Balaban J connectivity index is 2.34. The van der Waals surface area contributed by atoms with Gasteiger partial charge in [-0.3, -0.25) is 9.59 Å². The molecule has 0 radical (unpaired) electrons. The molecule has 0 aliphatic heterocycles. The van der Waals surface area contributed by atoms with Crippen LogP contribution in [-0.4, -0.2) is 18.5 Å². The second kappa shape index (κ2) is 6.62. The summed E-state index contributed by atoms with van der Waals surface area (Å²) in [6.45, 7) is 2.01. The first-order valence-corrected chi connectivity index (χ1v) is 5.33. The van der Waals surface area contributed by atoms with Crippen molar-refractivity contribution in [3.63, 3.8) is 0 Å². The van der Waals surface area contributed by atoms with E-state index in [-0.39, 0.29) is 24.6 Å². The smallest absolute Gasteiger partial charge is 0.306 e. The lowest BCUT2D eigenvalue weighted by atomic mass is 10.2. The van der Waals surface area contributed by atoms with E-state index < -0.39 is 5.97 Å². The van der Waals surface area contributed by atoms with E-state index in [1.54, 1.807) is 6.92 Å². The van der Waals surface area contributed by atoms with Gasteiger partial charge in [-0.2, -0.15) is 0 Å². The summed E-state index contributed by atoms with van der Waals surface area (Å²) in [5, 5.41) is 2.55. The van der Waals surface area contributed by atoms with Crippen LogP contribution in [0.3, 0.4) is 0 Å². The summed E-state index contributed by atoms with van der Waals surface area (Å²) in [6.07, 6.45) is 0.0943. The summed E-state index contributed by atoms with van der Waals surface area (Å²) in [7, 11) is 0. The van der Waals surface area contributed by atoms with Crippen LogP contribution in [0, 0.1) is 5.82 Å². The van der Waals surface area contributed by atoms with Gasteiger partial charge in [-0.05, 0) is 31.2 Å². The third-order valence-electron chi connectivity index (χ3n) is 1.99. The number of anilines is 1. The molecule has 0 saturated carbocycles. The second-order valence-corrected chi connectivity index (χ2v) is 3.36.